The minimum atomic E-state index is -4.39. The molecule has 0 saturated carbocycles. The fourth-order valence-electron chi connectivity index (χ4n) is 1.98. The molecule has 0 fully saturated rings. The predicted octanol–water partition coefficient (Wildman–Crippen LogP) is 5.11. The molecule has 0 radical (unpaired) electrons. The topological polar surface area (TPSA) is 12.9 Å². The summed E-state index contributed by atoms with van der Waals surface area (Å²) in [6.45, 7) is 2.14. The lowest BCUT2D eigenvalue weighted by atomic mass is 10.0. The van der Waals surface area contributed by atoms with Gasteiger partial charge in [-0.05, 0) is 30.0 Å². The van der Waals surface area contributed by atoms with Crippen molar-refractivity contribution < 1.29 is 13.2 Å². The van der Waals surface area contributed by atoms with Crippen LogP contribution in [0.4, 0.5) is 13.2 Å². The van der Waals surface area contributed by atoms with Gasteiger partial charge in [0.2, 0.25) is 0 Å². The van der Waals surface area contributed by atoms with Crippen LogP contribution in [0.5, 0.6) is 0 Å². The largest absolute Gasteiger partial charge is 0.433 e. The Morgan fingerprint density at radius 3 is 2.10 bits per heavy atom. The van der Waals surface area contributed by atoms with Crippen LogP contribution in [0.25, 0.3) is 11.1 Å². The molecule has 0 bridgehead atoms. The van der Waals surface area contributed by atoms with E-state index in [-0.39, 0.29) is 0 Å². The maximum atomic E-state index is 12.4. The Balaban J connectivity index is 2.15. The molecule has 1 aromatic carbocycles. The van der Waals surface area contributed by atoms with Crippen LogP contribution in [0, 0.1) is 0 Å². The van der Waals surface area contributed by atoms with E-state index in [1.165, 1.54) is 17.8 Å². The summed E-state index contributed by atoms with van der Waals surface area (Å²) in [5, 5.41) is 0. The highest BCUT2D eigenvalue weighted by Crippen LogP contribution is 2.29. The Kier molecular flexibility index (Phi) is 4.42. The van der Waals surface area contributed by atoms with Crippen molar-refractivity contribution in [3.63, 3.8) is 0 Å². The molecule has 106 valence electrons. The van der Waals surface area contributed by atoms with E-state index in [2.05, 4.69) is 11.9 Å². The van der Waals surface area contributed by atoms with E-state index in [9.17, 15) is 13.2 Å². The number of hydrogen-bond acceptors (Lipinski definition) is 1. The third-order valence-electron chi connectivity index (χ3n) is 3.16. The highest BCUT2D eigenvalue weighted by molar-refractivity contribution is 5.62. The molecule has 0 N–H and O–H groups in total. The first kappa shape index (κ1) is 14.6. The zero-order valence-corrected chi connectivity index (χ0v) is 11.2. The molecule has 0 aliphatic carbocycles. The summed E-state index contributed by atoms with van der Waals surface area (Å²) in [6.07, 6.45) is 0.195. The quantitative estimate of drug-likeness (QED) is 0.757. The summed E-state index contributed by atoms with van der Waals surface area (Å²) >= 11 is 0. The number of pyridine rings is 1. The second kappa shape index (κ2) is 6.07. The normalized spacial score (nSPS) is 11.6. The van der Waals surface area contributed by atoms with E-state index in [1.807, 2.05) is 24.3 Å². The Labute approximate surface area is 116 Å². The number of unbranched alkanes of at least 4 members (excludes halogenated alkanes) is 1. The van der Waals surface area contributed by atoms with Crippen LogP contribution in [0.3, 0.4) is 0 Å². The smallest absolute Gasteiger partial charge is 0.251 e. The molecule has 2 aromatic rings. The molecule has 0 amide bonds. The Morgan fingerprint density at radius 1 is 0.950 bits per heavy atom. The molecule has 1 aromatic heterocycles. The van der Waals surface area contributed by atoms with Crippen molar-refractivity contribution in [1.29, 1.82) is 0 Å². The fourth-order valence-corrected chi connectivity index (χ4v) is 1.98. The Bertz CT molecular complexity index is 541. The fraction of sp³-hybridized carbons (Fsp3) is 0.312. The lowest BCUT2D eigenvalue weighted by Gasteiger charge is -2.07. The second-order valence-electron chi connectivity index (χ2n) is 4.73. The lowest BCUT2D eigenvalue weighted by molar-refractivity contribution is -0.141. The van der Waals surface area contributed by atoms with E-state index in [4.69, 9.17) is 0 Å². The molecule has 1 nitrogen and oxygen atoms in total. The first-order valence-corrected chi connectivity index (χ1v) is 6.63. The van der Waals surface area contributed by atoms with Gasteiger partial charge in [-0.3, -0.25) is 4.98 Å². The first-order chi connectivity index (χ1) is 9.50. The van der Waals surface area contributed by atoms with Crippen LogP contribution < -0.4 is 0 Å². The van der Waals surface area contributed by atoms with Gasteiger partial charge in [0.25, 0.3) is 0 Å². The molecule has 0 spiro atoms. The minimum Gasteiger partial charge on any atom is -0.251 e. The molecule has 0 unspecified atom stereocenters. The Hall–Kier alpha value is -1.84. The van der Waals surface area contributed by atoms with Crippen molar-refractivity contribution in [3.05, 3.63) is 53.9 Å². The minimum absolute atomic E-state index is 0.694. The number of benzene rings is 1. The molecule has 20 heavy (non-hydrogen) atoms. The maximum absolute atomic E-state index is 12.4. The van der Waals surface area contributed by atoms with Gasteiger partial charge in [0.1, 0.15) is 5.69 Å². The van der Waals surface area contributed by atoms with Crippen molar-refractivity contribution in [2.75, 3.05) is 0 Å². The average molecular weight is 279 g/mol. The maximum Gasteiger partial charge on any atom is 0.433 e. The summed E-state index contributed by atoms with van der Waals surface area (Å²) in [6, 6.07) is 10.4. The van der Waals surface area contributed by atoms with E-state index in [0.29, 0.717) is 5.56 Å². The number of alkyl halides is 3. The summed E-state index contributed by atoms with van der Waals surface area (Å²) in [7, 11) is 0. The number of hydrogen-bond donors (Lipinski definition) is 0. The molecule has 0 aliphatic rings. The third kappa shape index (κ3) is 3.59. The molecule has 0 atom stereocenters. The van der Waals surface area contributed by atoms with Gasteiger partial charge in [-0.1, -0.05) is 43.7 Å². The van der Waals surface area contributed by atoms with Crippen molar-refractivity contribution in [3.8, 4) is 11.1 Å². The summed E-state index contributed by atoms with van der Waals surface area (Å²) < 4.78 is 37.3. The summed E-state index contributed by atoms with van der Waals surface area (Å²) in [5.41, 5.74) is 1.96. The van der Waals surface area contributed by atoms with Crippen LogP contribution in [-0.4, -0.2) is 4.98 Å². The van der Waals surface area contributed by atoms with E-state index < -0.39 is 11.9 Å². The van der Waals surface area contributed by atoms with Gasteiger partial charge in [-0.15, -0.1) is 0 Å². The molecule has 2 rings (SSSR count). The monoisotopic (exact) mass is 279 g/mol. The number of nitrogens with zero attached hydrogens (tertiary/aromatic N) is 1. The molecule has 1 heterocycles. The summed E-state index contributed by atoms with van der Waals surface area (Å²) in [5.74, 6) is 0. The third-order valence-corrected chi connectivity index (χ3v) is 3.16. The summed E-state index contributed by atoms with van der Waals surface area (Å²) in [4.78, 5) is 3.47. The number of aromatic nitrogens is 1. The van der Waals surface area contributed by atoms with Crippen molar-refractivity contribution in [2.45, 2.75) is 32.4 Å². The van der Waals surface area contributed by atoms with E-state index in [0.717, 1.165) is 30.9 Å². The van der Waals surface area contributed by atoms with Gasteiger partial charge in [0, 0.05) is 11.8 Å². The average Bonchev–Trinajstić information content (AvgIpc) is 2.45. The SMILES string of the molecule is CCCCc1ccc(-c2ccc(C(F)(F)F)nc2)cc1. The molecule has 4 heteroatoms. The molecule has 0 aliphatic heterocycles. The van der Waals surface area contributed by atoms with Gasteiger partial charge in [-0.2, -0.15) is 13.2 Å². The van der Waals surface area contributed by atoms with Gasteiger partial charge < -0.3 is 0 Å². The first-order valence-electron chi connectivity index (χ1n) is 6.63. The molecule has 0 saturated heterocycles. The van der Waals surface area contributed by atoms with Crippen LogP contribution in [0.15, 0.2) is 42.6 Å². The van der Waals surface area contributed by atoms with Crippen molar-refractivity contribution in [2.24, 2.45) is 0 Å². The zero-order chi connectivity index (χ0) is 14.6. The Morgan fingerprint density at radius 2 is 1.60 bits per heavy atom. The number of halogens is 3. The zero-order valence-electron chi connectivity index (χ0n) is 11.2. The lowest BCUT2D eigenvalue weighted by Crippen LogP contribution is -2.07. The molecular weight excluding hydrogens is 263 g/mol. The van der Waals surface area contributed by atoms with Crippen LogP contribution in [0.1, 0.15) is 31.0 Å². The second-order valence-corrected chi connectivity index (χ2v) is 4.73. The number of aryl methyl sites for hydroxylation is 1. The van der Waals surface area contributed by atoms with Crippen molar-refractivity contribution >= 4 is 0 Å². The molecular formula is C16H16F3N. The highest BCUT2D eigenvalue weighted by atomic mass is 19.4. The van der Waals surface area contributed by atoms with Crippen LogP contribution >= 0.6 is 0 Å². The van der Waals surface area contributed by atoms with E-state index >= 15 is 0 Å². The van der Waals surface area contributed by atoms with Gasteiger partial charge in [-0.25, -0.2) is 0 Å². The number of rotatable bonds is 4. The predicted molar refractivity (Wildman–Crippen MR) is 73.3 cm³/mol. The van der Waals surface area contributed by atoms with Gasteiger partial charge in [0.15, 0.2) is 0 Å². The van der Waals surface area contributed by atoms with Gasteiger partial charge in [0.05, 0.1) is 0 Å². The van der Waals surface area contributed by atoms with E-state index in [1.54, 1.807) is 0 Å². The van der Waals surface area contributed by atoms with Gasteiger partial charge >= 0.3 is 6.18 Å². The van der Waals surface area contributed by atoms with Crippen LogP contribution in [0.2, 0.25) is 0 Å². The van der Waals surface area contributed by atoms with Crippen LogP contribution in [-0.2, 0) is 12.6 Å². The van der Waals surface area contributed by atoms with Crippen molar-refractivity contribution in [1.82, 2.24) is 4.98 Å². The standard InChI is InChI=1S/C16H16F3N/c1-2-3-4-12-5-7-13(8-6-12)14-9-10-15(20-11-14)16(17,18)19/h5-11H,2-4H2,1H3. The highest BCUT2D eigenvalue weighted by Gasteiger charge is 2.31.